The lowest BCUT2D eigenvalue weighted by Crippen LogP contribution is -2.37. The van der Waals surface area contributed by atoms with Crippen LogP contribution in [0.3, 0.4) is 0 Å². The Morgan fingerprint density at radius 2 is 1.78 bits per heavy atom. The summed E-state index contributed by atoms with van der Waals surface area (Å²) in [5, 5.41) is 0. The van der Waals surface area contributed by atoms with Crippen LogP contribution in [0.2, 0.25) is 0 Å². The predicted molar refractivity (Wildman–Crippen MR) is 103 cm³/mol. The Morgan fingerprint density at radius 3 is 2.26 bits per heavy atom. The maximum absolute atomic E-state index is 12.6. The third kappa shape index (κ3) is 5.50. The first-order valence-electron chi connectivity index (χ1n) is 8.06. The van der Waals surface area contributed by atoms with Crippen LogP contribution in [-0.4, -0.2) is 39.6 Å². The van der Waals surface area contributed by atoms with Crippen LogP contribution in [0.25, 0.3) is 0 Å². The van der Waals surface area contributed by atoms with E-state index in [2.05, 4.69) is 32.6 Å². The van der Waals surface area contributed by atoms with Gasteiger partial charge in [-0.3, -0.25) is 4.79 Å². The lowest BCUT2D eigenvalue weighted by molar-refractivity contribution is -0.145. The van der Waals surface area contributed by atoms with Gasteiger partial charge in [0.15, 0.2) is 0 Å². The average molecular weight is 354 g/mol. The number of hydrogen-bond donors (Lipinski definition) is 0. The van der Waals surface area contributed by atoms with E-state index in [0.29, 0.717) is 6.61 Å². The van der Waals surface area contributed by atoms with Gasteiger partial charge in [0.2, 0.25) is 0 Å². The Kier molecular flexibility index (Phi) is 8.06. The number of thioether (sulfide) groups is 1. The summed E-state index contributed by atoms with van der Waals surface area (Å²) in [5.74, 6) is -0.555. The quantitative estimate of drug-likeness (QED) is 0.533. The van der Waals surface area contributed by atoms with E-state index in [1.165, 1.54) is 0 Å². The molecule has 0 spiro atoms. The molecule has 0 bridgehead atoms. The van der Waals surface area contributed by atoms with Crippen LogP contribution in [0.1, 0.15) is 46.1 Å². The second-order valence-electron chi connectivity index (χ2n) is 5.74. The van der Waals surface area contributed by atoms with Crippen molar-refractivity contribution in [2.45, 2.75) is 45.3 Å². The first kappa shape index (κ1) is 20.0. The van der Waals surface area contributed by atoms with Crippen LogP contribution in [0.15, 0.2) is 30.3 Å². The van der Waals surface area contributed by atoms with Gasteiger partial charge in [-0.2, -0.15) is 0 Å². The van der Waals surface area contributed by atoms with E-state index in [4.69, 9.17) is 17.0 Å². The van der Waals surface area contributed by atoms with Gasteiger partial charge in [0.25, 0.3) is 0 Å². The molecule has 0 aliphatic rings. The fraction of sp³-hybridized carbons (Fsp3) is 0.556. The van der Waals surface area contributed by atoms with Crippen LogP contribution in [0.5, 0.6) is 0 Å². The van der Waals surface area contributed by atoms with Crippen LogP contribution in [0, 0.1) is 0 Å². The summed E-state index contributed by atoms with van der Waals surface area (Å²) in [6, 6.07) is 9.80. The average Bonchev–Trinajstić information content (AvgIpc) is 2.49. The number of hydrogen-bond acceptors (Lipinski definition) is 4. The molecule has 0 heterocycles. The Labute approximate surface area is 149 Å². The Hall–Kier alpha value is -1.07. The molecule has 0 aliphatic carbocycles. The molecule has 0 amide bonds. The highest BCUT2D eigenvalue weighted by Crippen LogP contribution is 2.41. The second-order valence-corrected chi connectivity index (χ2v) is 8.03. The van der Waals surface area contributed by atoms with Crippen molar-refractivity contribution in [3.05, 3.63) is 35.9 Å². The van der Waals surface area contributed by atoms with Crippen LogP contribution in [0.4, 0.5) is 0 Å². The first-order chi connectivity index (χ1) is 10.9. The van der Waals surface area contributed by atoms with Gasteiger partial charge < -0.3 is 9.64 Å². The fourth-order valence-corrected chi connectivity index (χ4v) is 4.61. The van der Waals surface area contributed by atoms with Crippen molar-refractivity contribution in [2.75, 3.05) is 19.7 Å². The molecular weight excluding hydrogens is 326 g/mol. The van der Waals surface area contributed by atoms with Gasteiger partial charge in [0, 0.05) is 17.8 Å². The summed E-state index contributed by atoms with van der Waals surface area (Å²) in [6.45, 7) is 12.2. The normalized spacial score (nSPS) is 12.6. The third-order valence-corrected chi connectivity index (χ3v) is 5.43. The van der Waals surface area contributed by atoms with E-state index in [9.17, 15) is 4.79 Å². The number of rotatable bonds is 7. The number of benzene rings is 1. The number of nitrogens with zero attached hydrogens (tertiary/aromatic N) is 1. The van der Waals surface area contributed by atoms with Gasteiger partial charge in [-0.1, -0.05) is 54.3 Å². The van der Waals surface area contributed by atoms with Crippen molar-refractivity contribution < 1.29 is 9.53 Å². The summed E-state index contributed by atoms with van der Waals surface area (Å²) in [4.78, 5) is 14.7. The number of thiocarbonyl (C=S) groups is 1. The summed E-state index contributed by atoms with van der Waals surface area (Å²) in [6.07, 6.45) is 0. The predicted octanol–water partition coefficient (Wildman–Crippen LogP) is 4.47. The van der Waals surface area contributed by atoms with Crippen LogP contribution < -0.4 is 0 Å². The Balaban J connectivity index is 3.09. The third-order valence-electron chi connectivity index (χ3n) is 3.72. The molecule has 0 fully saturated rings. The maximum Gasteiger partial charge on any atom is 0.314 e. The summed E-state index contributed by atoms with van der Waals surface area (Å²) in [7, 11) is 0. The summed E-state index contributed by atoms with van der Waals surface area (Å²) in [5.41, 5.74) is 0.964. The summed E-state index contributed by atoms with van der Waals surface area (Å²) < 4.78 is 5.76. The second kappa shape index (κ2) is 9.28. The molecule has 0 N–H and O–H groups in total. The molecule has 3 nitrogen and oxygen atoms in total. The largest absolute Gasteiger partial charge is 0.465 e. The minimum Gasteiger partial charge on any atom is -0.465 e. The maximum atomic E-state index is 12.6. The molecule has 0 saturated carbocycles. The number of esters is 1. The SMILES string of the molecule is CCOC(=O)C(c1ccccc1)C(C)(C)SC(=S)N(CC)CC. The van der Waals surface area contributed by atoms with Gasteiger partial charge in [-0.05, 0) is 40.2 Å². The van der Waals surface area contributed by atoms with Crippen molar-refractivity contribution in [1.82, 2.24) is 4.90 Å². The molecule has 1 unspecified atom stereocenters. The van der Waals surface area contributed by atoms with Crippen LogP contribution >= 0.6 is 24.0 Å². The molecule has 0 aliphatic heterocycles. The smallest absolute Gasteiger partial charge is 0.314 e. The summed E-state index contributed by atoms with van der Waals surface area (Å²) >= 11 is 7.15. The van der Waals surface area contributed by atoms with Crippen molar-refractivity contribution in [3.8, 4) is 0 Å². The van der Waals surface area contributed by atoms with Crippen molar-refractivity contribution in [3.63, 3.8) is 0 Å². The van der Waals surface area contributed by atoms with Gasteiger partial charge >= 0.3 is 5.97 Å². The lowest BCUT2D eigenvalue weighted by atomic mass is 9.87. The molecular formula is C18H27NO2S2. The molecule has 0 aromatic heterocycles. The Bertz CT molecular complexity index is 513. The molecule has 0 radical (unpaired) electrons. The molecule has 23 heavy (non-hydrogen) atoms. The highest BCUT2D eigenvalue weighted by molar-refractivity contribution is 8.23. The van der Waals surface area contributed by atoms with E-state index in [-0.39, 0.29) is 11.9 Å². The number of carbonyl (C=O) groups is 1. The molecule has 1 aromatic carbocycles. The Morgan fingerprint density at radius 1 is 1.22 bits per heavy atom. The van der Waals surface area contributed by atoms with E-state index >= 15 is 0 Å². The topological polar surface area (TPSA) is 29.5 Å². The highest BCUT2D eigenvalue weighted by atomic mass is 32.2. The monoisotopic (exact) mass is 353 g/mol. The first-order valence-corrected chi connectivity index (χ1v) is 9.29. The zero-order chi connectivity index (χ0) is 17.5. The van der Waals surface area contributed by atoms with Gasteiger partial charge in [-0.15, -0.1) is 0 Å². The van der Waals surface area contributed by atoms with Crippen molar-refractivity contribution >= 4 is 34.3 Å². The molecule has 128 valence electrons. The molecule has 1 atom stereocenters. The highest BCUT2D eigenvalue weighted by Gasteiger charge is 2.39. The van der Waals surface area contributed by atoms with Crippen LogP contribution in [-0.2, 0) is 9.53 Å². The minimum atomic E-state index is -0.396. The molecule has 5 heteroatoms. The minimum absolute atomic E-state index is 0.196. The zero-order valence-corrected chi connectivity index (χ0v) is 16.3. The van der Waals surface area contributed by atoms with Crippen molar-refractivity contribution in [2.24, 2.45) is 0 Å². The lowest BCUT2D eigenvalue weighted by Gasteiger charge is -2.34. The number of ether oxygens (including phenoxy) is 1. The van der Waals surface area contributed by atoms with Gasteiger partial charge in [-0.25, -0.2) is 0 Å². The van der Waals surface area contributed by atoms with Gasteiger partial charge in [0.1, 0.15) is 4.32 Å². The van der Waals surface area contributed by atoms with E-state index < -0.39 is 4.75 Å². The standard InChI is InChI=1S/C18H27NO2S2/c1-6-19(7-2)17(22)23-18(4,5)15(16(20)21-8-3)14-12-10-9-11-13-14/h9-13,15H,6-8H2,1-5H3. The van der Waals surface area contributed by atoms with Gasteiger partial charge in [0.05, 0.1) is 12.5 Å². The molecule has 1 rings (SSSR count). The fourth-order valence-electron chi connectivity index (χ4n) is 2.52. The molecule has 1 aromatic rings. The molecule has 0 saturated heterocycles. The van der Waals surface area contributed by atoms with E-state index in [1.807, 2.05) is 37.3 Å². The van der Waals surface area contributed by atoms with Crippen molar-refractivity contribution in [1.29, 1.82) is 0 Å². The van der Waals surface area contributed by atoms with E-state index in [0.717, 1.165) is 23.0 Å². The van der Waals surface area contributed by atoms with E-state index in [1.54, 1.807) is 11.8 Å². The number of carbonyl (C=O) groups excluding carboxylic acids is 1. The zero-order valence-electron chi connectivity index (χ0n) is 14.7.